The van der Waals surface area contributed by atoms with Gasteiger partial charge in [0.1, 0.15) is 22.1 Å². The van der Waals surface area contributed by atoms with Gasteiger partial charge in [-0.2, -0.15) is 0 Å². The van der Waals surface area contributed by atoms with Crippen molar-refractivity contribution in [2.45, 2.75) is 6.10 Å². The molecule has 0 amide bonds. The van der Waals surface area contributed by atoms with Crippen LogP contribution in [-0.2, 0) is 0 Å². The van der Waals surface area contributed by atoms with E-state index in [1.165, 1.54) is 0 Å². The van der Waals surface area contributed by atoms with Crippen molar-refractivity contribution in [3.05, 3.63) is 55.4 Å². The van der Waals surface area contributed by atoms with Crippen LogP contribution in [0.2, 0.25) is 5.02 Å². The first-order valence-corrected chi connectivity index (χ1v) is 7.99. The molecular weight excluding hydrogens is 423 g/mol. The molecule has 1 atom stereocenters. The lowest BCUT2D eigenvalue weighted by Gasteiger charge is -2.19. The number of ether oxygens (including phenoxy) is 2. The van der Waals surface area contributed by atoms with Crippen LogP contribution < -0.4 is 9.47 Å². The zero-order valence-corrected chi connectivity index (χ0v) is 15.3. The Balaban J connectivity index is 2.52. The fraction of sp³-hybridized carbons (Fsp3) is 0.200. The maximum absolute atomic E-state index is 10.6. The molecule has 2 aromatic rings. The third-order valence-electron chi connectivity index (χ3n) is 3.07. The first-order chi connectivity index (χ1) is 9.99. The summed E-state index contributed by atoms with van der Waals surface area (Å²) in [6.07, 6.45) is -0.853. The molecule has 0 aromatic heterocycles. The third kappa shape index (κ3) is 3.37. The van der Waals surface area contributed by atoms with Crippen LogP contribution in [0.4, 0.5) is 0 Å². The highest BCUT2D eigenvalue weighted by molar-refractivity contribution is 9.11. The van der Waals surface area contributed by atoms with E-state index in [4.69, 9.17) is 21.1 Å². The minimum atomic E-state index is -0.853. The number of methoxy groups -OCH3 is 2. The molecule has 0 heterocycles. The molecule has 0 radical (unpaired) electrons. The lowest BCUT2D eigenvalue weighted by Crippen LogP contribution is -2.04. The van der Waals surface area contributed by atoms with Crippen molar-refractivity contribution in [3.63, 3.8) is 0 Å². The molecular formula is C15H13Br2ClO3. The molecule has 0 saturated heterocycles. The van der Waals surface area contributed by atoms with Crippen molar-refractivity contribution in [3.8, 4) is 11.5 Å². The number of aliphatic hydroxyl groups is 1. The van der Waals surface area contributed by atoms with Crippen LogP contribution in [0.5, 0.6) is 11.5 Å². The Hall–Kier alpha value is -0.750. The monoisotopic (exact) mass is 434 g/mol. The molecule has 2 rings (SSSR count). The molecule has 0 aliphatic heterocycles. The van der Waals surface area contributed by atoms with E-state index >= 15 is 0 Å². The van der Waals surface area contributed by atoms with Crippen LogP contribution in [0, 0.1) is 0 Å². The highest BCUT2D eigenvalue weighted by Crippen LogP contribution is 2.42. The maximum atomic E-state index is 10.6. The van der Waals surface area contributed by atoms with Gasteiger partial charge >= 0.3 is 0 Å². The molecule has 0 bridgehead atoms. The first kappa shape index (κ1) is 16.6. The lowest BCUT2D eigenvalue weighted by molar-refractivity contribution is 0.213. The Morgan fingerprint density at radius 1 is 1.05 bits per heavy atom. The summed E-state index contributed by atoms with van der Waals surface area (Å²) in [5.41, 5.74) is 1.34. The maximum Gasteiger partial charge on any atom is 0.142 e. The number of halogens is 3. The number of benzene rings is 2. The molecule has 1 unspecified atom stereocenters. The summed E-state index contributed by atoms with van der Waals surface area (Å²) in [5.74, 6) is 1.17. The Morgan fingerprint density at radius 2 is 1.71 bits per heavy atom. The first-order valence-electron chi connectivity index (χ1n) is 6.03. The standard InChI is InChI=1S/C15H13Br2ClO3/c1-20-12-6-5-10(15(21-2)13(12)17)14(19)9-4-3-8(18)7-11(9)16/h3-7,14,19H,1-2H3. The van der Waals surface area contributed by atoms with Crippen LogP contribution in [0.15, 0.2) is 39.3 Å². The zero-order valence-electron chi connectivity index (χ0n) is 11.4. The summed E-state index contributed by atoms with van der Waals surface area (Å²) in [6, 6.07) is 8.79. The van der Waals surface area contributed by atoms with Gasteiger partial charge in [0.2, 0.25) is 0 Å². The fourth-order valence-corrected chi connectivity index (χ4v) is 3.61. The van der Waals surface area contributed by atoms with Gasteiger partial charge in [-0.1, -0.05) is 33.6 Å². The van der Waals surface area contributed by atoms with Crippen molar-refractivity contribution in [2.24, 2.45) is 0 Å². The van der Waals surface area contributed by atoms with E-state index in [9.17, 15) is 5.11 Å². The fourth-order valence-electron chi connectivity index (χ4n) is 2.02. The van der Waals surface area contributed by atoms with Gasteiger partial charge in [0, 0.05) is 15.1 Å². The summed E-state index contributed by atoms with van der Waals surface area (Å²) in [5, 5.41) is 11.2. The van der Waals surface area contributed by atoms with Gasteiger partial charge in [0.25, 0.3) is 0 Å². The quantitative estimate of drug-likeness (QED) is 0.736. The number of hydrogen-bond acceptors (Lipinski definition) is 3. The second-order valence-corrected chi connectivity index (χ2v) is 6.36. The van der Waals surface area contributed by atoms with Crippen LogP contribution in [-0.4, -0.2) is 19.3 Å². The molecule has 0 saturated carbocycles. The van der Waals surface area contributed by atoms with Crippen LogP contribution in [0.3, 0.4) is 0 Å². The van der Waals surface area contributed by atoms with Gasteiger partial charge in [-0.25, -0.2) is 0 Å². The van der Waals surface area contributed by atoms with Crippen LogP contribution in [0.25, 0.3) is 0 Å². The van der Waals surface area contributed by atoms with E-state index in [-0.39, 0.29) is 0 Å². The minimum Gasteiger partial charge on any atom is -0.495 e. The largest absolute Gasteiger partial charge is 0.495 e. The summed E-state index contributed by atoms with van der Waals surface area (Å²) in [6.45, 7) is 0. The summed E-state index contributed by atoms with van der Waals surface area (Å²) >= 11 is 12.8. The molecule has 0 aliphatic carbocycles. The van der Waals surface area contributed by atoms with E-state index < -0.39 is 6.10 Å². The van der Waals surface area contributed by atoms with Crippen LogP contribution in [0.1, 0.15) is 17.2 Å². The van der Waals surface area contributed by atoms with Crippen LogP contribution >= 0.6 is 43.5 Å². The molecule has 2 aromatic carbocycles. The topological polar surface area (TPSA) is 38.7 Å². The molecule has 3 nitrogen and oxygen atoms in total. The van der Waals surface area contributed by atoms with Gasteiger partial charge in [-0.3, -0.25) is 0 Å². The van der Waals surface area contributed by atoms with Gasteiger partial charge in [0.05, 0.1) is 14.2 Å². The van der Waals surface area contributed by atoms with Crippen molar-refractivity contribution < 1.29 is 14.6 Å². The summed E-state index contributed by atoms with van der Waals surface area (Å²) < 4.78 is 12.0. The van der Waals surface area contributed by atoms with Gasteiger partial charge in [0.15, 0.2) is 0 Å². The van der Waals surface area contributed by atoms with Gasteiger partial charge in [-0.05, 0) is 45.8 Å². The Morgan fingerprint density at radius 3 is 2.29 bits per heavy atom. The Bertz CT molecular complexity index is 662. The van der Waals surface area contributed by atoms with Crippen molar-refractivity contribution in [1.29, 1.82) is 0 Å². The smallest absolute Gasteiger partial charge is 0.142 e. The highest BCUT2D eigenvalue weighted by atomic mass is 79.9. The predicted octanol–water partition coefficient (Wildman–Crippen LogP) is 4.96. The van der Waals surface area contributed by atoms with Crippen molar-refractivity contribution >= 4 is 43.5 Å². The molecule has 0 spiro atoms. The third-order valence-corrected chi connectivity index (χ3v) is 4.74. The molecule has 0 aliphatic rings. The van der Waals surface area contributed by atoms with Gasteiger partial charge in [-0.15, -0.1) is 0 Å². The zero-order chi connectivity index (χ0) is 15.6. The molecule has 21 heavy (non-hydrogen) atoms. The van der Waals surface area contributed by atoms with Crippen molar-refractivity contribution in [2.75, 3.05) is 14.2 Å². The lowest BCUT2D eigenvalue weighted by atomic mass is 10.0. The van der Waals surface area contributed by atoms with Crippen molar-refractivity contribution in [1.82, 2.24) is 0 Å². The van der Waals surface area contributed by atoms with E-state index in [2.05, 4.69) is 31.9 Å². The second-order valence-electron chi connectivity index (χ2n) is 4.27. The number of hydrogen-bond donors (Lipinski definition) is 1. The predicted molar refractivity (Wildman–Crippen MR) is 90.5 cm³/mol. The number of aliphatic hydroxyl groups excluding tert-OH is 1. The molecule has 0 fully saturated rings. The van der Waals surface area contributed by atoms with E-state index in [1.54, 1.807) is 44.6 Å². The second kappa shape index (κ2) is 7.01. The Labute approximate surface area is 145 Å². The highest BCUT2D eigenvalue weighted by Gasteiger charge is 2.21. The molecule has 6 heteroatoms. The normalized spacial score (nSPS) is 12.1. The molecule has 112 valence electrons. The summed E-state index contributed by atoms with van der Waals surface area (Å²) in [4.78, 5) is 0. The average Bonchev–Trinajstić information content (AvgIpc) is 2.46. The summed E-state index contributed by atoms with van der Waals surface area (Å²) in [7, 11) is 3.12. The number of rotatable bonds is 4. The van der Waals surface area contributed by atoms with E-state index in [0.29, 0.717) is 32.1 Å². The van der Waals surface area contributed by atoms with E-state index in [1.807, 2.05) is 0 Å². The minimum absolute atomic E-state index is 0.531. The van der Waals surface area contributed by atoms with E-state index in [0.717, 1.165) is 4.47 Å². The SMILES string of the molecule is COc1ccc(C(O)c2ccc(Cl)cc2Br)c(OC)c1Br. The van der Waals surface area contributed by atoms with Gasteiger partial charge < -0.3 is 14.6 Å². The molecule has 1 N–H and O–H groups in total. The Kier molecular flexibility index (Phi) is 5.54. The average molecular weight is 437 g/mol.